The van der Waals surface area contributed by atoms with Crippen LogP contribution in [0.4, 0.5) is 0 Å². The highest BCUT2D eigenvalue weighted by atomic mass is 16.2. The van der Waals surface area contributed by atoms with E-state index in [2.05, 4.69) is 10.2 Å². The molecule has 0 saturated carbocycles. The molecule has 2 aromatic rings. The molecule has 3 rings (SSSR count). The van der Waals surface area contributed by atoms with Crippen LogP contribution in [0, 0.1) is 5.92 Å². The number of aryl methyl sites for hydroxylation is 1. The quantitative estimate of drug-likeness (QED) is 0.856. The van der Waals surface area contributed by atoms with Crippen molar-refractivity contribution in [2.45, 2.75) is 26.3 Å². The Morgan fingerprint density at radius 2 is 2.14 bits per heavy atom. The molecular formula is C15H21N5O. The fourth-order valence-electron chi connectivity index (χ4n) is 2.83. The number of likely N-dealkylation sites (tertiary alicyclic amines) is 1. The van der Waals surface area contributed by atoms with Crippen molar-refractivity contribution in [1.82, 2.24) is 24.5 Å². The SMILES string of the molecule is CC(C)n1nccc1C(=O)N1CC(Cc2cnn(C)c2)C1. The molecule has 112 valence electrons. The zero-order valence-corrected chi connectivity index (χ0v) is 12.7. The zero-order valence-electron chi connectivity index (χ0n) is 12.7. The molecule has 0 atom stereocenters. The highest BCUT2D eigenvalue weighted by Crippen LogP contribution is 2.23. The highest BCUT2D eigenvalue weighted by Gasteiger charge is 2.32. The van der Waals surface area contributed by atoms with Gasteiger partial charge in [0.25, 0.3) is 5.91 Å². The number of rotatable bonds is 4. The number of amides is 1. The second-order valence-corrected chi connectivity index (χ2v) is 6.06. The molecule has 0 aromatic carbocycles. The minimum absolute atomic E-state index is 0.0867. The molecule has 3 heterocycles. The van der Waals surface area contributed by atoms with Crippen LogP contribution in [-0.4, -0.2) is 43.5 Å². The molecule has 6 nitrogen and oxygen atoms in total. The Labute approximate surface area is 124 Å². The average molecular weight is 287 g/mol. The van der Waals surface area contributed by atoms with Gasteiger partial charge in [-0.25, -0.2) is 0 Å². The molecule has 1 fully saturated rings. The normalized spacial score (nSPS) is 15.5. The Bertz CT molecular complexity index is 636. The lowest BCUT2D eigenvalue weighted by atomic mass is 9.93. The third-order valence-electron chi connectivity index (χ3n) is 3.91. The van der Waals surface area contributed by atoms with E-state index in [0.717, 1.165) is 19.5 Å². The molecule has 0 unspecified atom stereocenters. The molecule has 1 saturated heterocycles. The van der Waals surface area contributed by atoms with Crippen LogP contribution in [0.3, 0.4) is 0 Å². The van der Waals surface area contributed by atoms with Crippen molar-refractivity contribution in [1.29, 1.82) is 0 Å². The fraction of sp³-hybridized carbons (Fsp3) is 0.533. The molecule has 1 amide bonds. The van der Waals surface area contributed by atoms with E-state index in [9.17, 15) is 4.79 Å². The van der Waals surface area contributed by atoms with Gasteiger partial charge in [0.05, 0.1) is 6.20 Å². The van der Waals surface area contributed by atoms with Gasteiger partial charge in [-0.15, -0.1) is 0 Å². The molecule has 2 aromatic heterocycles. The van der Waals surface area contributed by atoms with Gasteiger partial charge in [0.2, 0.25) is 0 Å². The number of carbonyl (C=O) groups excluding carboxylic acids is 1. The van der Waals surface area contributed by atoms with Crippen molar-refractivity contribution in [2.24, 2.45) is 13.0 Å². The summed E-state index contributed by atoms with van der Waals surface area (Å²) >= 11 is 0. The highest BCUT2D eigenvalue weighted by molar-refractivity contribution is 5.93. The summed E-state index contributed by atoms with van der Waals surface area (Å²) < 4.78 is 3.61. The minimum atomic E-state index is 0.0867. The van der Waals surface area contributed by atoms with Gasteiger partial charge in [-0.3, -0.25) is 14.2 Å². The number of nitrogens with zero attached hydrogens (tertiary/aromatic N) is 5. The summed E-state index contributed by atoms with van der Waals surface area (Å²) in [6, 6.07) is 2.00. The predicted molar refractivity (Wildman–Crippen MR) is 78.9 cm³/mol. The first-order chi connectivity index (χ1) is 10.0. The summed E-state index contributed by atoms with van der Waals surface area (Å²) in [6.07, 6.45) is 6.62. The van der Waals surface area contributed by atoms with Crippen molar-refractivity contribution < 1.29 is 4.79 Å². The average Bonchev–Trinajstić information content (AvgIpc) is 3.01. The number of hydrogen-bond donors (Lipinski definition) is 0. The van der Waals surface area contributed by atoms with E-state index < -0.39 is 0 Å². The Morgan fingerprint density at radius 3 is 2.76 bits per heavy atom. The van der Waals surface area contributed by atoms with Gasteiger partial charge in [-0.2, -0.15) is 10.2 Å². The Morgan fingerprint density at radius 1 is 1.38 bits per heavy atom. The monoisotopic (exact) mass is 287 g/mol. The molecule has 1 aliphatic rings. The second kappa shape index (κ2) is 5.35. The number of hydrogen-bond acceptors (Lipinski definition) is 3. The molecule has 21 heavy (non-hydrogen) atoms. The molecule has 0 bridgehead atoms. The maximum atomic E-state index is 12.5. The van der Waals surface area contributed by atoms with Gasteiger partial charge in [-0.05, 0) is 37.8 Å². The van der Waals surface area contributed by atoms with Gasteiger partial charge in [-0.1, -0.05) is 0 Å². The zero-order chi connectivity index (χ0) is 15.0. The fourth-order valence-corrected chi connectivity index (χ4v) is 2.83. The van der Waals surface area contributed by atoms with Crippen LogP contribution in [0.15, 0.2) is 24.7 Å². The molecular weight excluding hydrogens is 266 g/mol. The molecule has 1 aliphatic heterocycles. The first kappa shape index (κ1) is 13.9. The lowest BCUT2D eigenvalue weighted by Crippen LogP contribution is -2.51. The maximum absolute atomic E-state index is 12.5. The summed E-state index contributed by atoms with van der Waals surface area (Å²) in [4.78, 5) is 14.4. The van der Waals surface area contributed by atoms with Crippen LogP contribution < -0.4 is 0 Å². The molecule has 0 spiro atoms. The predicted octanol–water partition coefficient (Wildman–Crippen LogP) is 1.51. The summed E-state index contributed by atoms with van der Waals surface area (Å²) in [6.45, 7) is 5.70. The topological polar surface area (TPSA) is 56.0 Å². The van der Waals surface area contributed by atoms with Gasteiger partial charge in [0.15, 0.2) is 0 Å². The van der Waals surface area contributed by atoms with Crippen LogP contribution >= 0.6 is 0 Å². The van der Waals surface area contributed by atoms with Crippen LogP contribution in [0.5, 0.6) is 0 Å². The summed E-state index contributed by atoms with van der Waals surface area (Å²) in [5.74, 6) is 0.622. The van der Waals surface area contributed by atoms with Crippen LogP contribution in [0.1, 0.15) is 35.9 Å². The molecule has 0 aliphatic carbocycles. The van der Waals surface area contributed by atoms with E-state index in [1.807, 2.05) is 42.9 Å². The number of carbonyl (C=O) groups is 1. The van der Waals surface area contributed by atoms with Crippen molar-refractivity contribution >= 4 is 5.91 Å². The number of aromatic nitrogens is 4. The van der Waals surface area contributed by atoms with Gasteiger partial charge in [0, 0.05) is 38.6 Å². The van der Waals surface area contributed by atoms with Crippen molar-refractivity contribution in [3.8, 4) is 0 Å². The Balaban J connectivity index is 1.58. The lowest BCUT2D eigenvalue weighted by Gasteiger charge is -2.39. The van der Waals surface area contributed by atoms with Crippen LogP contribution in [-0.2, 0) is 13.5 Å². The van der Waals surface area contributed by atoms with Crippen LogP contribution in [0.25, 0.3) is 0 Å². The summed E-state index contributed by atoms with van der Waals surface area (Å²) in [7, 11) is 1.92. The van der Waals surface area contributed by atoms with Crippen molar-refractivity contribution in [3.63, 3.8) is 0 Å². The standard InChI is InChI=1S/C15H21N5O/c1-11(2)20-14(4-5-16-20)15(21)19-9-13(10-19)6-12-7-17-18(3)8-12/h4-5,7-8,11,13H,6,9-10H2,1-3H3. The van der Waals surface area contributed by atoms with E-state index >= 15 is 0 Å². The van der Waals surface area contributed by atoms with E-state index in [1.165, 1.54) is 5.56 Å². The Hall–Kier alpha value is -2.11. The van der Waals surface area contributed by atoms with Crippen LogP contribution in [0.2, 0.25) is 0 Å². The first-order valence-corrected chi connectivity index (χ1v) is 7.35. The largest absolute Gasteiger partial charge is 0.337 e. The third-order valence-corrected chi connectivity index (χ3v) is 3.91. The van der Waals surface area contributed by atoms with Crippen molar-refractivity contribution in [2.75, 3.05) is 13.1 Å². The van der Waals surface area contributed by atoms with Crippen molar-refractivity contribution in [3.05, 3.63) is 35.9 Å². The summed E-state index contributed by atoms with van der Waals surface area (Å²) in [5, 5.41) is 8.40. The lowest BCUT2D eigenvalue weighted by molar-refractivity contribution is 0.0486. The third kappa shape index (κ3) is 2.70. The van der Waals surface area contributed by atoms with E-state index in [-0.39, 0.29) is 11.9 Å². The maximum Gasteiger partial charge on any atom is 0.272 e. The minimum Gasteiger partial charge on any atom is -0.337 e. The van der Waals surface area contributed by atoms with Gasteiger partial charge >= 0.3 is 0 Å². The van der Waals surface area contributed by atoms with Gasteiger partial charge in [0.1, 0.15) is 5.69 Å². The smallest absolute Gasteiger partial charge is 0.272 e. The van der Waals surface area contributed by atoms with E-state index in [4.69, 9.17) is 0 Å². The molecule has 0 N–H and O–H groups in total. The second-order valence-electron chi connectivity index (χ2n) is 6.06. The van der Waals surface area contributed by atoms with E-state index in [0.29, 0.717) is 11.6 Å². The Kier molecular flexibility index (Phi) is 3.53. The first-order valence-electron chi connectivity index (χ1n) is 7.35. The molecule has 0 radical (unpaired) electrons. The summed E-state index contributed by atoms with van der Waals surface area (Å²) in [5.41, 5.74) is 1.92. The van der Waals surface area contributed by atoms with Gasteiger partial charge < -0.3 is 4.90 Å². The van der Waals surface area contributed by atoms with E-state index in [1.54, 1.807) is 16.9 Å². The molecule has 6 heteroatoms.